The molecule has 0 fully saturated rings. The molecule has 166 valence electrons. The maximum Gasteiger partial charge on any atom is 0.237 e. The van der Waals surface area contributed by atoms with Gasteiger partial charge in [-0.05, 0) is 23.6 Å². The third kappa shape index (κ3) is 4.71. The van der Waals surface area contributed by atoms with Gasteiger partial charge in [0.2, 0.25) is 11.8 Å². The van der Waals surface area contributed by atoms with Crippen molar-refractivity contribution in [2.24, 2.45) is 0 Å². The van der Waals surface area contributed by atoms with Crippen molar-refractivity contribution in [2.75, 3.05) is 18.2 Å². The smallest absolute Gasteiger partial charge is 0.237 e. The van der Waals surface area contributed by atoms with Crippen molar-refractivity contribution in [3.63, 3.8) is 0 Å². The molecule has 4 rings (SSSR count). The number of hydrogen-bond donors (Lipinski definition) is 1. The Hall–Kier alpha value is -3.11. The molecule has 0 aliphatic carbocycles. The van der Waals surface area contributed by atoms with Gasteiger partial charge in [-0.3, -0.25) is 14.7 Å². The van der Waals surface area contributed by atoms with Crippen molar-refractivity contribution in [3.05, 3.63) is 53.5 Å². The van der Waals surface area contributed by atoms with Crippen LogP contribution in [0.1, 0.15) is 26.5 Å². The number of hydrogen-bond acceptors (Lipinski definition) is 8. The third-order valence-corrected chi connectivity index (χ3v) is 6.37. The van der Waals surface area contributed by atoms with E-state index in [0.717, 1.165) is 16.3 Å². The van der Waals surface area contributed by atoms with E-state index >= 15 is 0 Å². The zero-order valence-electron chi connectivity index (χ0n) is 18.2. The zero-order valence-corrected chi connectivity index (χ0v) is 19.8. The number of thioether (sulfide) groups is 1. The van der Waals surface area contributed by atoms with Crippen LogP contribution in [0, 0.1) is 0 Å². The highest BCUT2D eigenvalue weighted by Crippen LogP contribution is 2.34. The fourth-order valence-corrected chi connectivity index (χ4v) is 4.39. The summed E-state index contributed by atoms with van der Waals surface area (Å²) in [6, 6.07) is 13.3. The summed E-state index contributed by atoms with van der Waals surface area (Å²) in [5.74, 6) is 1.61. The topological polar surface area (TPSA) is 95.1 Å². The Morgan fingerprint density at radius 3 is 2.72 bits per heavy atom. The fourth-order valence-electron chi connectivity index (χ4n) is 2.95. The van der Waals surface area contributed by atoms with Gasteiger partial charge in [-0.15, -0.1) is 21.5 Å². The minimum atomic E-state index is -0.223. The van der Waals surface area contributed by atoms with Gasteiger partial charge in [0.25, 0.3) is 0 Å². The number of methoxy groups -OCH3 is 1. The first-order valence-corrected chi connectivity index (χ1v) is 11.8. The number of aromatic nitrogens is 4. The number of para-hydroxylation sites is 2. The lowest BCUT2D eigenvalue weighted by molar-refractivity contribution is -0.113. The van der Waals surface area contributed by atoms with Crippen molar-refractivity contribution >= 4 is 34.9 Å². The summed E-state index contributed by atoms with van der Waals surface area (Å²) in [4.78, 5) is 13.5. The van der Waals surface area contributed by atoms with E-state index in [1.54, 1.807) is 24.5 Å². The van der Waals surface area contributed by atoms with Gasteiger partial charge >= 0.3 is 0 Å². The minimum absolute atomic E-state index is 0.128. The average molecular weight is 470 g/mol. The van der Waals surface area contributed by atoms with Crippen molar-refractivity contribution in [1.82, 2.24) is 19.9 Å². The molecule has 0 saturated heterocycles. The first-order chi connectivity index (χ1) is 15.4. The maximum absolute atomic E-state index is 12.6. The van der Waals surface area contributed by atoms with Gasteiger partial charge in [-0.1, -0.05) is 55.9 Å². The number of benzene rings is 1. The number of amides is 1. The second-order valence-corrected chi connectivity index (χ2v) is 9.84. The average Bonchev–Trinajstić information content (AvgIpc) is 3.51. The van der Waals surface area contributed by atoms with Crippen molar-refractivity contribution in [2.45, 2.75) is 31.3 Å². The Morgan fingerprint density at radius 2 is 2.03 bits per heavy atom. The molecule has 1 aromatic carbocycles. The Balaban J connectivity index is 1.56. The summed E-state index contributed by atoms with van der Waals surface area (Å²) in [5.41, 5.74) is 1.42. The van der Waals surface area contributed by atoms with Gasteiger partial charge in [0, 0.05) is 11.5 Å². The molecule has 3 heterocycles. The Kier molecular flexibility index (Phi) is 6.33. The molecule has 0 aliphatic rings. The van der Waals surface area contributed by atoms with Crippen LogP contribution >= 0.6 is 23.1 Å². The third-order valence-electron chi connectivity index (χ3n) is 4.57. The molecule has 32 heavy (non-hydrogen) atoms. The normalized spacial score (nSPS) is 11.5. The first-order valence-electron chi connectivity index (χ1n) is 9.89. The molecule has 0 aliphatic heterocycles. The van der Waals surface area contributed by atoms with Crippen molar-refractivity contribution in [1.29, 1.82) is 0 Å². The molecule has 3 aromatic heterocycles. The van der Waals surface area contributed by atoms with E-state index in [9.17, 15) is 4.79 Å². The zero-order chi connectivity index (χ0) is 22.7. The van der Waals surface area contributed by atoms with E-state index in [-0.39, 0.29) is 17.1 Å². The van der Waals surface area contributed by atoms with Crippen LogP contribution in [0.4, 0.5) is 5.88 Å². The van der Waals surface area contributed by atoms with Gasteiger partial charge in [0.15, 0.2) is 11.0 Å². The number of nitrogens with one attached hydrogen (secondary N) is 1. The summed E-state index contributed by atoms with van der Waals surface area (Å²) in [5, 5.41) is 18.1. The van der Waals surface area contributed by atoms with Crippen LogP contribution in [0.5, 0.6) is 5.75 Å². The van der Waals surface area contributed by atoms with Crippen LogP contribution in [-0.2, 0) is 10.2 Å². The van der Waals surface area contributed by atoms with Crippen LogP contribution in [0.3, 0.4) is 0 Å². The first kappa shape index (κ1) is 22.1. The van der Waals surface area contributed by atoms with E-state index < -0.39 is 0 Å². The molecule has 0 radical (unpaired) electrons. The highest BCUT2D eigenvalue weighted by molar-refractivity contribution is 7.99. The predicted octanol–water partition coefficient (Wildman–Crippen LogP) is 5.02. The standard InChI is InChI=1S/C22H23N5O3S2/c1-22(2,3)17-12-19(30-26-17)23-18(28)13-32-21-25-24-20(16-10-7-11-31-16)27(21)14-8-5-6-9-15(14)29-4/h5-12H,13H2,1-4H3,(H,23,28). The lowest BCUT2D eigenvalue weighted by Gasteiger charge is -2.13. The molecule has 0 saturated carbocycles. The molecule has 0 unspecified atom stereocenters. The van der Waals surface area contributed by atoms with Crippen molar-refractivity contribution in [3.8, 4) is 22.1 Å². The van der Waals surface area contributed by atoms with E-state index in [4.69, 9.17) is 9.26 Å². The number of ether oxygens (including phenoxy) is 1. The molecule has 8 nitrogen and oxygen atoms in total. The van der Waals surface area contributed by atoms with Crippen LogP contribution in [0.2, 0.25) is 0 Å². The van der Waals surface area contributed by atoms with Crippen molar-refractivity contribution < 1.29 is 14.1 Å². The molecule has 0 atom stereocenters. The van der Waals surface area contributed by atoms with Crippen LogP contribution < -0.4 is 10.1 Å². The predicted molar refractivity (Wildman–Crippen MR) is 126 cm³/mol. The quantitative estimate of drug-likeness (QED) is 0.380. The van der Waals surface area contributed by atoms with E-state index in [1.807, 2.05) is 67.1 Å². The summed E-state index contributed by atoms with van der Waals surface area (Å²) in [6.45, 7) is 6.09. The Bertz CT molecular complexity index is 1210. The van der Waals surface area contributed by atoms with Gasteiger partial charge < -0.3 is 9.26 Å². The monoisotopic (exact) mass is 469 g/mol. The summed E-state index contributed by atoms with van der Waals surface area (Å²) in [6.07, 6.45) is 0. The highest BCUT2D eigenvalue weighted by atomic mass is 32.2. The van der Waals surface area contributed by atoms with E-state index in [2.05, 4.69) is 20.7 Å². The number of carbonyl (C=O) groups is 1. The number of carbonyl (C=O) groups excluding carboxylic acids is 1. The van der Waals surface area contributed by atoms with E-state index in [0.29, 0.717) is 22.6 Å². The number of nitrogens with zero attached hydrogens (tertiary/aromatic N) is 4. The number of rotatable bonds is 7. The molecule has 1 N–H and O–H groups in total. The fraction of sp³-hybridized carbons (Fsp3) is 0.273. The lowest BCUT2D eigenvalue weighted by atomic mass is 9.92. The number of anilines is 1. The molecule has 1 amide bonds. The second-order valence-electron chi connectivity index (χ2n) is 7.95. The minimum Gasteiger partial charge on any atom is -0.495 e. The number of thiophene rings is 1. The molecule has 4 aromatic rings. The van der Waals surface area contributed by atoms with Crippen LogP contribution in [0.25, 0.3) is 16.4 Å². The largest absolute Gasteiger partial charge is 0.495 e. The SMILES string of the molecule is COc1ccccc1-n1c(SCC(=O)Nc2cc(C(C)(C)C)no2)nnc1-c1cccs1. The summed E-state index contributed by atoms with van der Waals surface area (Å²) in [7, 11) is 1.62. The maximum atomic E-state index is 12.6. The molecular formula is C22H23N5O3S2. The molecule has 0 bridgehead atoms. The second kappa shape index (κ2) is 9.17. The van der Waals surface area contributed by atoms with E-state index in [1.165, 1.54) is 11.8 Å². The van der Waals surface area contributed by atoms with Gasteiger partial charge in [-0.25, -0.2) is 0 Å². The van der Waals surface area contributed by atoms with Crippen LogP contribution in [-0.4, -0.2) is 38.7 Å². The Morgan fingerprint density at radius 1 is 1.22 bits per heavy atom. The van der Waals surface area contributed by atoms with Crippen LogP contribution in [0.15, 0.2) is 57.5 Å². The highest BCUT2D eigenvalue weighted by Gasteiger charge is 2.22. The van der Waals surface area contributed by atoms with Gasteiger partial charge in [0.05, 0.1) is 29.1 Å². The lowest BCUT2D eigenvalue weighted by Crippen LogP contribution is -2.14. The molecule has 0 spiro atoms. The summed E-state index contributed by atoms with van der Waals surface area (Å²) >= 11 is 2.85. The molecule has 10 heteroatoms. The van der Waals surface area contributed by atoms with Gasteiger partial charge in [-0.2, -0.15) is 0 Å². The molecular weight excluding hydrogens is 446 g/mol. The summed E-state index contributed by atoms with van der Waals surface area (Å²) < 4.78 is 12.7. The van der Waals surface area contributed by atoms with Gasteiger partial charge in [0.1, 0.15) is 5.75 Å². The Labute approximate surface area is 194 Å².